The predicted molar refractivity (Wildman–Crippen MR) is 71.8 cm³/mol. The summed E-state index contributed by atoms with van der Waals surface area (Å²) >= 11 is 0. The van der Waals surface area contributed by atoms with Crippen LogP contribution in [0.3, 0.4) is 0 Å². The number of anilines is 1. The molecule has 0 radical (unpaired) electrons. The normalized spacial score (nSPS) is 12.0. The van der Waals surface area contributed by atoms with Crippen LogP contribution < -0.4 is 9.64 Å². The van der Waals surface area contributed by atoms with E-state index < -0.39 is 0 Å². The lowest BCUT2D eigenvalue weighted by Gasteiger charge is -2.25. The smallest absolute Gasteiger partial charge is 0.228 e. The first-order valence-electron chi connectivity index (χ1n) is 5.97. The van der Waals surface area contributed by atoms with E-state index in [0.717, 1.165) is 0 Å². The van der Waals surface area contributed by atoms with Crippen LogP contribution >= 0.6 is 0 Å². The third-order valence-electron chi connectivity index (χ3n) is 3.08. The first kappa shape index (κ1) is 13.3. The van der Waals surface area contributed by atoms with E-state index in [4.69, 9.17) is 4.74 Å². The Labute approximate surface area is 111 Å². The summed E-state index contributed by atoms with van der Waals surface area (Å²) < 4.78 is 18.8. The molecule has 0 fully saturated rings. The van der Waals surface area contributed by atoms with Crippen molar-refractivity contribution in [1.82, 2.24) is 9.97 Å². The molecule has 4 nitrogen and oxygen atoms in total. The summed E-state index contributed by atoms with van der Waals surface area (Å²) in [5.74, 6) is 0.748. The molecule has 0 spiro atoms. The zero-order valence-corrected chi connectivity index (χ0v) is 11.2. The number of nitrogens with zero attached hydrogens (tertiary/aromatic N) is 3. The van der Waals surface area contributed by atoms with Gasteiger partial charge in [0.05, 0.1) is 13.2 Å². The van der Waals surface area contributed by atoms with Crippen molar-refractivity contribution >= 4 is 5.95 Å². The van der Waals surface area contributed by atoms with Crippen molar-refractivity contribution in [2.75, 3.05) is 19.1 Å². The van der Waals surface area contributed by atoms with Crippen molar-refractivity contribution in [3.05, 3.63) is 47.9 Å². The van der Waals surface area contributed by atoms with Crippen LogP contribution in [0.4, 0.5) is 10.3 Å². The van der Waals surface area contributed by atoms with E-state index in [9.17, 15) is 4.39 Å². The molecule has 1 atom stereocenters. The van der Waals surface area contributed by atoms with Crippen molar-refractivity contribution in [2.45, 2.75) is 13.0 Å². The van der Waals surface area contributed by atoms with Gasteiger partial charge < -0.3 is 9.64 Å². The van der Waals surface area contributed by atoms with Gasteiger partial charge in [-0.3, -0.25) is 0 Å². The first-order chi connectivity index (χ1) is 9.13. The minimum atomic E-state index is -0.232. The van der Waals surface area contributed by atoms with Gasteiger partial charge in [0.2, 0.25) is 11.8 Å². The zero-order chi connectivity index (χ0) is 13.8. The fourth-order valence-corrected chi connectivity index (χ4v) is 1.81. The minimum absolute atomic E-state index is 0.173. The molecule has 0 bridgehead atoms. The van der Waals surface area contributed by atoms with Crippen LogP contribution in [-0.2, 0) is 0 Å². The largest absolute Gasteiger partial charge is 0.481 e. The molecular formula is C14H16FN3O. The van der Waals surface area contributed by atoms with Crippen LogP contribution in [0.1, 0.15) is 18.5 Å². The van der Waals surface area contributed by atoms with E-state index in [-0.39, 0.29) is 11.9 Å². The highest BCUT2D eigenvalue weighted by Gasteiger charge is 2.17. The van der Waals surface area contributed by atoms with Gasteiger partial charge in [0.15, 0.2) is 0 Å². The molecule has 1 aromatic heterocycles. The van der Waals surface area contributed by atoms with Crippen molar-refractivity contribution in [3.8, 4) is 5.88 Å². The SMILES string of the molecule is COc1ccnc(N(C)C(C)c2ccccc2F)n1. The molecule has 1 unspecified atom stereocenters. The molecule has 100 valence electrons. The van der Waals surface area contributed by atoms with Crippen molar-refractivity contribution in [1.29, 1.82) is 0 Å². The average molecular weight is 261 g/mol. The third-order valence-corrected chi connectivity index (χ3v) is 3.08. The summed E-state index contributed by atoms with van der Waals surface area (Å²) in [6.45, 7) is 1.90. The van der Waals surface area contributed by atoms with Crippen molar-refractivity contribution < 1.29 is 9.13 Å². The Kier molecular flexibility index (Phi) is 3.94. The van der Waals surface area contributed by atoms with E-state index in [1.165, 1.54) is 6.07 Å². The number of rotatable bonds is 4. The van der Waals surface area contributed by atoms with Gasteiger partial charge in [0, 0.05) is 24.9 Å². The van der Waals surface area contributed by atoms with E-state index >= 15 is 0 Å². The standard InChI is InChI=1S/C14H16FN3O/c1-10(11-6-4-5-7-12(11)15)18(2)14-16-9-8-13(17-14)19-3/h4-10H,1-3H3. The summed E-state index contributed by atoms with van der Waals surface area (Å²) in [5, 5.41) is 0. The van der Waals surface area contributed by atoms with Crippen LogP contribution in [0.5, 0.6) is 5.88 Å². The van der Waals surface area contributed by atoms with Crippen LogP contribution in [0.15, 0.2) is 36.5 Å². The molecule has 1 heterocycles. The van der Waals surface area contributed by atoms with E-state index in [1.54, 1.807) is 36.4 Å². The zero-order valence-electron chi connectivity index (χ0n) is 11.2. The second-order valence-electron chi connectivity index (χ2n) is 4.21. The van der Waals surface area contributed by atoms with Gasteiger partial charge in [-0.2, -0.15) is 4.98 Å². The van der Waals surface area contributed by atoms with E-state index in [0.29, 0.717) is 17.4 Å². The van der Waals surface area contributed by atoms with E-state index in [2.05, 4.69) is 9.97 Å². The van der Waals surface area contributed by atoms with Gasteiger partial charge in [-0.05, 0) is 13.0 Å². The maximum atomic E-state index is 13.8. The predicted octanol–water partition coefficient (Wildman–Crippen LogP) is 2.82. The molecule has 0 aliphatic rings. The fraction of sp³-hybridized carbons (Fsp3) is 0.286. The van der Waals surface area contributed by atoms with Gasteiger partial charge in [0.25, 0.3) is 0 Å². The number of ether oxygens (including phenoxy) is 1. The molecule has 0 saturated carbocycles. The number of aromatic nitrogens is 2. The lowest BCUT2D eigenvalue weighted by Crippen LogP contribution is -2.24. The van der Waals surface area contributed by atoms with Gasteiger partial charge in [-0.1, -0.05) is 18.2 Å². The summed E-state index contributed by atoms with van der Waals surface area (Å²) in [7, 11) is 3.37. The van der Waals surface area contributed by atoms with Crippen molar-refractivity contribution in [3.63, 3.8) is 0 Å². The molecule has 0 aliphatic heterocycles. The van der Waals surface area contributed by atoms with Crippen LogP contribution in [0.2, 0.25) is 0 Å². The first-order valence-corrected chi connectivity index (χ1v) is 5.97. The van der Waals surface area contributed by atoms with Gasteiger partial charge >= 0.3 is 0 Å². The minimum Gasteiger partial charge on any atom is -0.481 e. The van der Waals surface area contributed by atoms with Gasteiger partial charge in [-0.25, -0.2) is 9.37 Å². The lowest BCUT2D eigenvalue weighted by atomic mass is 10.1. The number of hydrogen-bond acceptors (Lipinski definition) is 4. The number of benzene rings is 1. The Hall–Kier alpha value is -2.17. The maximum Gasteiger partial charge on any atom is 0.228 e. The van der Waals surface area contributed by atoms with Crippen molar-refractivity contribution in [2.24, 2.45) is 0 Å². The van der Waals surface area contributed by atoms with E-state index in [1.807, 2.05) is 20.0 Å². The molecule has 0 saturated heterocycles. The quantitative estimate of drug-likeness (QED) is 0.848. The monoisotopic (exact) mass is 261 g/mol. The third kappa shape index (κ3) is 2.81. The van der Waals surface area contributed by atoms with Crippen LogP contribution in [0, 0.1) is 5.82 Å². The Bertz CT molecular complexity index is 562. The number of methoxy groups -OCH3 is 1. The van der Waals surface area contributed by atoms with Gasteiger partial charge in [0.1, 0.15) is 5.82 Å². The number of halogens is 1. The van der Waals surface area contributed by atoms with Gasteiger partial charge in [-0.15, -0.1) is 0 Å². The Morgan fingerprint density at radius 2 is 2.00 bits per heavy atom. The molecule has 0 N–H and O–H groups in total. The Morgan fingerprint density at radius 1 is 1.26 bits per heavy atom. The van der Waals surface area contributed by atoms with Crippen LogP contribution in [0.25, 0.3) is 0 Å². The molecule has 5 heteroatoms. The molecular weight excluding hydrogens is 245 g/mol. The molecule has 2 aromatic rings. The molecule has 1 aromatic carbocycles. The molecule has 0 amide bonds. The lowest BCUT2D eigenvalue weighted by molar-refractivity contribution is 0.396. The molecule has 2 rings (SSSR count). The molecule has 0 aliphatic carbocycles. The Balaban J connectivity index is 2.28. The Morgan fingerprint density at radius 3 is 2.68 bits per heavy atom. The number of hydrogen-bond donors (Lipinski definition) is 0. The topological polar surface area (TPSA) is 38.2 Å². The maximum absolute atomic E-state index is 13.8. The summed E-state index contributed by atoms with van der Waals surface area (Å²) in [6.07, 6.45) is 1.62. The summed E-state index contributed by atoms with van der Waals surface area (Å²) in [6, 6.07) is 8.20. The highest BCUT2D eigenvalue weighted by molar-refractivity contribution is 5.36. The second-order valence-corrected chi connectivity index (χ2v) is 4.21. The average Bonchev–Trinajstić information content (AvgIpc) is 2.46. The fourth-order valence-electron chi connectivity index (χ4n) is 1.81. The highest BCUT2D eigenvalue weighted by atomic mass is 19.1. The summed E-state index contributed by atoms with van der Waals surface area (Å²) in [5.41, 5.74) is 0.608. The van der Waals surface area contributed by atoms with Crippen LogP contribution in [-0.4, -0.2) is 24.1 Å². The summed E-state index contributed by atoms with van der Waals surface area (Å²) in [4.78, 5) is 10.2. The second kappa shape index (κ2) is 5.65. The highest BCUT2D eigenvalue weighted by Crippen LogP contribution is 2.25. The molecule has 19 heavy (non-hydrogen) atoms.